The van der Waals surface area contributed by atoms with Gasteiger partial charge in [-0.1, -0.05) is 42.5 Å². The summed E-state index contributed by atoms with van der Waals surface area (Å²) in [5, 5.41) is 1.13. The van der Waals surface area contributed by atoms with E-state index in [0.717, 1.165) is 56.3 Å². The third-order valence-electron chi connectivity index (χ3n) is 6.18. The Morgan fingerprint density at radius 3 is 1.65 bits per heavy atom. The van der Waals surface area contributed by atoms with E-state index in [-0.39, 0.29) is 0 Å². The van der Waals surface area contributed by atoms with Gasteiger partial charge in [0.1, 0.15) is 23.0 Å². The number of anilines is 2. The van der Waals surface area contributed by atoms with E-state index < -0.39 is 0 Å². The van der Waals surface area contributed by atoms with Gasteiger partial charge in [-0.05, 0) is 84.4 Å². The number of nitrogens with one attached hydrogen (secondary N) is 1. The number of hydrogen-bond donors (Lipinski definition) is 3. The van der Waals surface area contributed by atoms with Gasteiger partial charge in [0, 0.05) is 33.4 Å². The highest BCUT2D eigenvalue weighted by molar-refractivity contribution is 6.04. The molecule has 180 valence electrons. The summed E-state index contributed by atoms with van der Waals surface area (Å²) in [6.45, 7) is 0. The summed E-state index contributed by atoms with van der Waals surface area (Å²) in [6, 6.07) is 39.3. The number of fused-ring (bicyclic) bond motifs is 1. The van der Waals surface area contributed by atoms with E-state index >= 15 is 0 Å². The second-order valence-electron chi connectivity index (χ2n) is 8.82. The topological polar surface area (TPSA) is 86.3 Å². The fourth-order valence-corrected chi connectivity index (χ4v) is 4.43. The standard InChI is InChI=1S/C32H25N3O2/c33-23-11-15-25(16-12-23)36-27-7-3-5-21(19-27)31-29-9-1-2-10-30(29)35-32(31)22-6-4-8-28(20-22)37-26-17-13-24(34)14-18-26/h1-20,35H,33-34H2. The largest absolute Gasteiger partial charge is 0.457 e. The number of para-hydroxylation sites is 1. The Bertz CT molecular complexity index is 1690. The SMILES string of the molecule is Nc1ccc(Oc2cccc(-c3[nH]c4ccccc4c3-c3cccc(Oc4ccc(N)cc4)c3)c2)cc1. The van der Waals surface area contributed by atoms with Crippen LogP contribution in [-0.4, -0.2) is 4.98 Å². The molecule has 0 fully saturated rings. The average molecular weight is 484 g/mol. The van der Waals surface area contributed by atoms with Gasteiger partial charge < -0.3 is 25.9 Å². The Morgan fingerprint density at radius 1 is 0.486 bits per heavy atom. The van der Waals surface area contributed by atoms with Crippen molar-refractivity contribution in [3.63, 3.8) is 0 Å². The molecule has 0 aliphatic heterocycles. The maximum atomic E-state index is 6.13. The molecule has 0 aliphatic rings. The Morgan fingerprint density at radius 2 is 1.03 bits per heavy atom. The van der Waals surface area contributed by atoms with Crippen LogP contribution in [0.5, 0.6) is 23.0 Å². The second-order valence-corrected chi connectivity index (χ2v) is 8.82. The van der Waals surface area contributed by atoms with Crippen molar-refractivity contribution in [1.29, 1.82) is 0 Å². The summed E-state index contributed by atoms with van der Waals surface area (Å²) in [4.78, 5) is 3.63. The molecule has 0 radical (unpaired) electrons. The van der Waals surface area contributed by atoms with Crippen LogP contribution in [0.2, 0.25) is 0 Å². The van der Waals surface area contributed by atoms with Crippen molar-refractivity contribution >= 4 is 22.3 Å². The third kappa shape index (κ3) is 4.70. The third-order valence-corrected chi connectivity index (χ3v) is 6.18. The zero-order chi connectivity index (χ0) is 25.2. The van der Waals surface area contributed by atoms with Crippen molar-refractivity contribution in [2.45, 2.75) is 0 Å². The predicted octanol–water partition coefficient (Wildman–Crippen LogP) is 8.25. The van der Waals surface area contributed by atoms with E-state index in [1.165, 1.54) is 0 Å². The summed E-state index contributed by atoms with van der Waals surface area (Å²) in [5.41, 5.74) is 18.3. The van der Waals surface area contributed by atoms with E-state index in [1.807, 2.05) is 84.9 Å². The number of rotatable bonds is 6. The van der Waals surface area contributed by atoms with E-state index in [4.69, 9.17) is 20.9 Å². The van der Waals surface area contributed by atoms with Crippen LogP contribution >= 0.6 is 0 Å². The lowest BCUT2D eigenvalue weighted by molar-refractivity contribution is 0.482. The van der Waals surface area contributed by atoms with Crippen molar-refractivity contribution in [1.82, 2.24) is 4.98 Å². The molecule has 1 heterocycles. The zero-order valence-corrected chi connectivity index (χ0v) is 20.0. The van der Waals surface area contributed by atoms with E-state index in [9.17, 15) is 0 Å². The lowest BCUT2D eigenvalue weighted by Gasteiger charge is -2.11. The quantitative estimate of drug-likeness (QED) is 0.208. The van der Waals surface area contributed by atoms with Crippen LogP contribution in [0, 0.1) is 0 Å². The molecule has 5 N–H and O–H groups in total. The molecule has 6 aromatic rings. The van der Waals surface area contributed by atoms with Crippen molar-refractivity contribution in [2.24, 2.45) is 0 Å². The number of nitrogens with two attached hydrogens (primary N) is 2. The van der Waals surface area contributed by atoms with Crippen LogP contribution < -0.4 is 20.9 Å². The number of ether oxygens (including phenoxy) is 2. The van der Waals surface area contributed by atoms with Crippen molar-refractivity contribution in [2.75, 3.05) is 11.5 Å². The number of hydrogen-bond acceptors (Lipinski definition) is 4. The molecule has 5 aromatic carbocycles. The molecule has 0 amide bonds. The van der Waals surface area contributed by atoms with Crippen LogP contribution in [0.1, 0.15) is 0 Å². The van der Waals surface area contributed by atoms with Crippen LogP contribution in [0.25, 0.3) is 33.3 Å². The van der Waals surface area contributed by atoms with Crippen LogP contribution in [0.3, 0.4) is 0 Å². The minimum Gasteiger partial charge on any atom is -0.457 e. The molecule has 37 heavy (non-hydrogen) atoms. The minimum atomic E-state index is 0.700. The maximum Gasteiger partial charge on any atom is 0.128 e. The van der Waals surface area contributed by atoms with Gasteiger partial charge >= 0.3 is 0 Å². The molecule has 0 unspecified atom stereocenters. The molecular weight excluding hydrogens is 458 g/mol. The van der Waals surface area contributed by atoms with E-state index in [0.29, 0.717) is 11.4 Å². The highest BCUT2D eigenvalue weighted by Gasteiger charge is 2.16. The molecule has 0 spiro atoms. The van der Waals surface area contributed by atoms with Crippen LogP contribution in [-0.2, 0) is 0 Å². The summed E-state index contributed by atoms with van der Waals surface area (Å²) in [7, 11) is 0. The monoisotopic (exact) mass is 483 g/mol. The molecule has 0 atom stereocenters. The number of nitrogen functional groups attached to an aromatic ring is 2. The molecule has 0 aliphatic carbocycles. The number of aromatic amines is 1. The first-order valence-electron chi connectivity index (χ1n) is 12.0. The number of benzene rings is 5. The zero-order valence-electron chi connectivity index (χ0n) is 20.0. The first-order valence-corrected chi connectivity index (χ1v) is 12.0. The van der Waals surface area contributed by atoms with Gasteiger partial charge in [-0.3, -0.25) is 0 Å². The van der Waals surface area contributed by atoms with Crippen molar-refractivity contribution < 1.29 is 9.47 Å². The first-order chi connectivity index (χ1) is 18.1. The minimum absolute atomic E-state index is 0.700. The highest BCUT2D eigenvalue weighted by Crippen LogP contribution is 2.41. The molecule has 1 aromatic heterocycles. The van der Waals surface area contributed by atoms with Gasteiger partial charge in [-0.25, -0.2) is 0 Å². The van der Waals surface area contributed by atoms with Crippen LogP contribution in [0.4, 0.5) is 11.4 Å². The summed E-state index contributed by atoms with van der Waals surface area (Å²) >= 11 is 0. The smallest absolute Gasteiger partial charge is 0.128 e. The molecule has 6 rings (SSSR count). The van der Waals surface area contributed by atoms with Gasteiger partial charge in [-0.2, -0.15) is 0 Å². The normalized spacial score (nSPS) is 10.9. The Labute approximate surface area is 214 Å². The van der Waals surface area contributed by atoms with Gasteiger partial charge in [0.25, 0.3) is 0 Å². The Hall–Kier alpha value is -5.16. The fraction of sp³-hybridized carbons (Fsp3) is 0. The fourth-order valence-electron chi connectivity index (χ4n) is 4.43. The average Bonchev–Trinajstić information content (AvgIpc) is 3.32. The molecular formula is C32H25N3O2. The van der Waals surface area contributed by atoms with Gasteiger partial charge in [0.05, 0.1) is 5.69 Å². The van der Waals surface area contributed by atoms with Crippen LogP contribution in [0.15, 0.2) is 121 Å². The van der Waals surface area contributed by atoms with Crippen molar-refractivity contribution in [3.8, 4) is 45.4 Å². The lowest BCUT2D eigenvalue weighted by atomic mass is 9.98. The van der Waals surface area contributed by atoms with E-state index in [1.54, 1.807) is 0 Å². The summed E-state index contributed by atoms with van der Waals surface area (Å²) in [6.07, 6.45) is 0. The Kier molecular flexibility index (Phi) is 5.71. The molecule has 5 nitrogen and oxygen atoms in total. The molecule has 5 heteroatoms. The molecule has 0 saturated heterocycles. The molecule has 0 bridgehead atoms. The second kappa shape index (κ2) is 9.47. The lowest BCUT2D eigenvalue weighted by Crippen LogP contribution is -1.89. The van der Waals surface area contributed by atoms with Crippen molar-refractivity contribution in [3.05, 3.63) is 121 Å². The predicted molar refractivity (Wildman–Crippen MR) is 151 cm³/mol. The Balaban J connectivity index is 1.41. The number of aromatic nitrogens is 1. The van der Waals surface area contributed by atoms with Gasteiger partial charge in [0.15, 0.2) is 0 Å². The number of H-pyrrole nitrogens is 1. The van der Waals surface area contributed by atoms with Gasteiger partial charge in [0.2, 0.25) is 0 Å². The van der Waals surface area contributed by atoms with E-state index in [2.05, 4.69) is 41.4 Å². The summed E-state index contributed by atoms with van der Waals surface area (Å²) in [5.74, 6) is 2.96. The molecule has 0 saturated carbocycles. The first kappa shape index (κ1) is 22.3. The summed E-state index contributed by atoms with van der Waals surface area (Å²) < 4.78 is 12.2. The van der Waals surface area contributed by atoms with Gasteiger partial charge in [-0.15, -0.1) is 0 Å². The highest BCUT2D eigenvalue weighted by atomic mass is 16.5. The maximum absolute atomic E-state index is 6.13.